The Balaban J connectivity index is 0.000000379. The van der Waals surface area contributed by atoms with Crippen LogP contribution in [0.3, 0.4) is 0 Å². The summed E-state index contributed by atoms with van der Waals surface area (Å²) in [6.45, 7) is 3.15. The maximum atomic E-state index is 12.8. The highest BCUT2D eigenvalue weighted by Gasteiger charge is 2.39. The normalized spacial score (nSPS) is 13.5. The number of pyridine rings is 1. The first-order valence-corrected chi connectivity index (χ1v) is 15.2. The molecule has 1 saturated heterocycles. The minimum atomic E-state index is -5.08. The Kier molecular flexibility index (Phi) is 15.3. The van der Waals surface area contributed by atoms with E-state index in [1.807, 2.05) is 47.5 Å². The summed E-state index contributed by atoms with van der Waals surface area (Å²) in [6.07, 6.45) is -11.9. The zero-order chi connectivity index (χ0) is 40.3. The minimum Gasteiger partial charge on any atom is -0.475 e. The zero-order valence-corrected chi connectivity index (χ0v) is 27.8. The van der Waals surface area contributed by atoms with Crippen LogP contribution in [0.2, 0.25) is 4.34 Å². The number of halogens is 10. The number of piperazine rings is 1. The molecule has 5 N–H and O–H groups in total. The molecule has 13 nitrogen and oxygen atoms in total. The molecule has 0 spiro atoms. The van der Waals surface area contributed by atoms with Gasteiger partial charge < -0.3 is 26.0 Å². The van der Waals surface area contributed by atoms with Crippen molar-refractivity contribution in [1.82, 2.24) is 24.8 Å². The van der Waals surface area contributed by atoms with Gasteiger partial charge >= 0.3 is 36.4 Å². The van der Waals surface area contributed by atoms with Crippen molar-refractivity contribution in [2.24, 2.45) is 0 Å². The zero-order valence-electron chi connectivity index (χ0n) is 26.2. The number of carboxylic acid groups (broad SMARTS) is 3. The molecule has 0 unspecified atom stereocenters. The van der Waals surface area contributed by atoms with E-state index in [0.717, 1.165) is 43.5 Å². The van der Waals surface area contributed by atoms with Crippen molar-refractivity contribution in [3.05, 3.63) is 70.5 Å². The third-order valence-corrected chi connectivity index (χ3v) is 7.54. The fourth-order valence-electron chi connectivity index (χ4n) is 3.88. The first-order chi connectivity index (χ1) is 24.4. The van der Waals surface area contributed by atoms with E-state index in [0.29, 0.717) is 32.0 Å². The number of amides is 1. The van der Waals surface area contributed by atoms with Crippen molar-refractivity contribution in [2.75, 3.05) is 25.4 Å². The summed E-state index contributed by atoms with van der Waals surface area (Å²) < 4.78 is 96.0. The molecule has 1 aromatic carbocycles. The van der Waals surface area contributed by atoms with Crippen molar-refractivity contribution < 1.29 is 74.0 Å². The number of aliphatic carboxylic acids is 3. The number of nitrogens with two attached hydrogens (primary N) is 1. The molecule has 1 fully saturated rings. The second-order valence-corrected chi connectivity index (χ2v) is 11.9. The van der Waals surface area contributed by atoms with Crippen molar-refractivity contribution in [1.29, 1.82) is 0 Å². The number of hydrogen-bond donors (Lipinski definition) is 4. The molecule has 288 valence electrons. The smallest absolute Gasteiger partial charge is 0.475 e. The number of nitrogens with zero attached hydrogens (tertiary/aromatic N) is 5. The monoisotopic (exact) mass is 806 g/mol. The number of carboxylic acids is 3. The molecule has 1 aliphatic rings. The molecule has 0 radical (unpaired) electrons. The molecule has 0 atom stereocenters. The molecule has 24 heteroatoms. The van der Waals surface area contributed by atoms with E-state index in [4.69, 9.17) is 47.0 Å². The lowest BCUT2D eigenvalue weighted by molar-refractivity contribution is -0.193. The van der Waals surface area contributed by atoms with Gasteiger partial charge in [-0.3, -0.25) is 14.7 Å². The topological polar surface area (TPSA) is 200 Å². The lowest BCUT2D eigenvalue weighted by Crippen LogP contribution is -2.49. The number of hydrogen-bond acceptors (Lipinski definition) is 10. The van der Waals surface area contributed by atoms with Gasteiger partial charge in [0.2, 0.25) is 5.91 Å². The number of benzene rings is 1. The SMILES string of the molecule is Nc1ncnc2cc(CN3CCN(Cc4ccc(-c5ccc(Cl)s5)nc4)CC3=O)ccc12.O=C(O)C(F)(F)F.O=C(O)C(F)(F)F.O=C(O)C(F)(F)F. The fourth-order valence-corrected chi connectivity index (χ4v) is 4.90. The van der Waals surface area contributed by atoms with Gasteiger partial charge in [-0.1, -0.05) is 23.7 Å². The highest BCUT2D eigenvalue weighted by molar-refractivity contribution is 7.19. The number of nitrogen functional groups attached to an aromatic ring is 1. The molecule has 5 rings (SSSR count). The van der Waals surface area contributed by atoms with E-state index in [2.05, 4.69) is 25.9 Å². The van der Waals surface area contributed by atoms with Gasteiger partial charge in [-0.15, -0.1) is 11.3 Å². The fraction of sp³-hybridized carbons (Fsp3) is 0.276. The number of fused-ring (bicyclic) bond motifs is 1. The van der Waals surface area contributed by atoms with Crippen LogP contribution in [0, 0.1) is 0 Å². The molecule has 4 heterocycles. The van der Waals surface area contributed by atoms with Crippen LogP contribution >= 0.6 is 22.9 Å². The number of anilines is 1. The molecule has 0 bridgehead atoms. The number of thiophene rings is 1. The number of carbonyl (C=O) groups excluding carboxylic acids is 1. The van der Waals surface area contributed by atoms with Gasteiger partial charge in [0.05, 0.1) is 27.0 Å². The van der Waals surface area contributed by atoms with Gasteiger partial charge in [0, 0.05) is 37.8 Å². The van der Waals surface area contributed by atoms with Crippen molar-refractivity contribution in [2.45, 2.75) is 31.6 Å². The highest BCUT2D eigenvalue weighted by Crippen LogP contribution is 2.30. The summed E-state index contributed by atoms with van der Waals surface area (Å²) in [7, 11) is 0. The molecule has 3 aromatic heterocycles. The summed E-state index contributed by atoms with van der Waals surface area (Å²) in [5.74, 6) is -7.68. The summed E-state index contributed by atoms with van der Waals surface area (Å²) in [4.78, 5) is 57.4. The minimum absolute atomic E-state index is 0.122. The van der Waals surface area contributed by atoms with Crippen LogP contribution in [-0.4, -0.2) is 102 Å². The van der Waals surface area contributed by atoms with Gasteiger partial charge in [0.25, 0.3) is 0 Å². The third kappa shape index (κ3) is 14.7. The average Bonchev–Trinajstić information content (AvgIpc) is 3.48. The molecule has 53 heavy (non-hydrogen) atoms. The van der Waals surface area contributed by atoms with Crippen LogP contribution in [-0.2, 0) is 32.3 Å². The summed E-state index contributed by atoms with van der Waals surface area (Å²) in [6, 6.07) is 13.8. The van der Waals surface area contributed by atoms with Crippen LogP contribution in [0.15, 0.2) is 55.0 Å². The number of aromatic nitrogens is 3. The van der Waals surface area contributed by atoms with Gasteiger partial charge in [0.15, 0.2) is 0 Å². The van der Waals surface area contributed by atoms with Gasteiger partial charge in [0.1, 0.15) is 12.1 Å². The molecular weight excluding hydrogens is 783 g/mol. The van der Waals surface area contributed by atoms with Crippen LogP contribution < -0.4 is 5.73 Å². The average molecular weight is 807 g/mol. The lowest BCUT2D eigenvalue weighted by Gasteiger charge is -2.34. The largest absolute Gasteiger partial charge is 0.490 e. The van der Waals surface area contributed by atoms with E-state index in [1.54, 1.807) is 0 Å². The summed E-state index contributed by atoms with van der Waals surface area (Å²) in [5.41, 5.74) is 9.72. The summed E-state index contributed by atoms with van der Waals surface area (Å²) in [5, 5.41) is 22.2. The predicted molar refractivity (Wildman–Crippen MR) is 168 cm³/mol. The second-order valence-electron chi connectivity index (χ2n) is 10.2. The van der Waals surface area contributed by atoms with E-state index in [1.165, 1.54) is 17.7 Å². The number of carbonyl (C=O) groups is 4. The van der Waals surface area contributed by atoms with Crippen molar-refractivity contribution >= 4 is 63.5 Å². The van der Waals surface area contributed by atoms with E-state index in [-0.39, 0.29) is 5.91 Å². The third-order valence-electron chi connectivity index (χ3n) is 6.29. The Bertz CT molecular complexity index is 1830. The van der Waals surface area contributed by atoms with Gasteiger partial charge in [-0.25, -0.2) is 24.4 Å². The van der Waals surface area contributed by atoms with Gasteiger partial charge in [-0.05, 0) is 41.5 Å². The summed E-state index contributed by atoms with van der Waals surface area (Å²) >= 11 is 7.53. The van der Waals surface area contributed by atoms with Crippen LogP contribution in [0.5, 0.6) is 0 Å². The molecule has 1 aliphatic heterocycles. The van der Waals surface area contributed by atoms with Crippen LogP contribution in [0.25, 0.3) is 21.5 Å². The van der Waals surface area contributed by atoms with E-state index in [9.17, 15) is 44.3 Å². The Morgan fingerprint density at radius 1 is 0.774 bits per heavy atom. The second kappa shape index (κ2) is 18.5. The first-order valence-electron chi connectivity index (χ1n) is 14.0. The Morgan fingerprint density at radius 2 is 1.32 bits per heavy atom. The molecule has 4 aromatic rings. The maximum absolute atomic E-state index is 12.8. The molecule has 0 saturated carbocycles. The van der Waals surface area contributed by atoms with Crippen LogP contribution in [0.4, 0.5) is 45.3 Å². The Morgan fingerprint density at radius 3 is 1.77 bits per heavy atom. The molecular formula is C29H24ClF9N6O7S. The number of alkyl halides is 9. The highest BCUT2D eigenvalue weighted by atomic mass is 35.5. The first kappa shape index (κ1) is 43.9. The van der Waals surface area contributed by atoms with Crippen molar-refractivity contribution in [3.63, 3.8) is 0 Å². The molecule has 1 amide bonds. The Labute approximate surface area is 300 Å². The number of rotatable bonds is 5. The molecule has 0 aliphatic carbocycles. The standard InChI is InChI=1S/C23H21ClN6OS.3C2HF3O2/c24-21-6-5-20(32-21)18-4-2-16(10-26-18)11-29-7-8-30(22(31)13-29)12-15-1-3-17-19(9-15)27-14-28-23(17)25;3*3-2(4,5)1(6)7/h1-6,9-10,14H,7-8,11-13H2,(H2,25,27,28);3*(H,6,7). The van der Waals surface area contributed by atoms with Crippen LogP contribution in [0.1, 0.15) is 11.1 Å². The predicted octanol–water partition coefficient (Wildman–Crippen LogP) is 5.73. The quantitative estimate of drug-likeness (QED) is 0.179. The maximum Gasteiger partial charge on any atom is 0.490 e. The van der Waals surface area contributed by atoms with Crippen molar-refractivity contribution in [3.8, 4) is 10.6 Å². The van der Waals surface area contributed by atoms with E-state index >= 15 is 0 Å². The van der Waals surface area contributed by atoms with E-state index < -0.39 is 36.4 Å². The Hall–Kier alpha value is -5.29. The van der Waals surface area contributed by atoms with Gasteiger partial charge in [-0.2, -0.15) is 39.5 Å². The lowest BCUT2D eigenvalue weighted by atomic mass is 10.1.